The highest BCUT2D eigenvalue weighted by atomic mass is 32.1. The highest BCUT2D eigenvalue weighted by Crippen LogP contribution is 2.19. The summed E-state index contributed by atoms with van der Waals surface area (Å²) in [5, 5.41) is 11.2. The van der Waals surface area contributed by atoms with Crippen LogP contribution in [0.25, 0.3) is 11.5 Å². The summed E-state index contributed by atoms with van der Waals surface area (Å²) in [7, 11) is 0. The highest BCUT2D eigenvalue weighted by molar-refractivity contribution is 7.15. The lowest BCUT2D eigenvalue weighted by molar-refractivity contribution is -0.115. The second-order valence-corrected chi connectivity index (χ2v) is 6.06. The Labute approximate surface area is 131 Å². The first-order valence-electron chi connectivity index (χ1n) is 6.72. The van der Waals surface area contributed by atoms with Gasteiger partial charge in [0.15, 0.2) is 5.13 Å². The number of aryl methyl sites for hydroxylation is 2. The van der Waals surface area contributed by atoms with Crippen molar-refractivity contribution in [3.05, 3.63) is 46.8 Å². The van der Waals surface area contributed by atoms with Crippen LogP contribution in [0.3, 0.4) is 0 Å². The van der Waals surface area contributed by atoms with Gasteiger partial charge in [0, 0.05) is 23.6 Å². The van der Waals surface area contributed by atoms with E-state index < -0.39 is 0 Å². The van der Waals surface area contributed by atoms with Crippen molar-refractivity contribution in [1.82, 2.24) is 15.2 Å². The van der Waals surface area contributed by atoms with E-state index in [9.17, 15) is 4.79 Å². The number of nitrogens with zero attached hydrogens (tertiary/aromatic N) is 3. The predicted molar refractivity (Wildman–Crippen MR) is 83.7 cm³/mol. The van der Waals surface area contributed by atoms with Crippen LogP contribution in [0.4, 0.5) is 5.13 Å². The quantitative estimate of drug-likeness (QED) is 0.800. The van der Waals surface area contributed by atoms with Crippen molar-refractivity contribution in [2.24, 2.45) is 0 Å². The Bertz CT molecular complexity index is 792. The average molecular weight is 314 g/mol. The maximum atomic E-state index is 12.0. The highest BCUT2D eigenvalue weighted by Gasteiger charge is 2.09. The minimum atomic E-state index is -0.0873. The molecule has 0 aliphatic carbocycles. The van der Waals surface area contributed by atoms with Gasteiger partial charge in [0.2, 0.25) is 17.7 Å². The van der Waals surface area contributed by atoms with Crippen LogP contribution in [0.2, 0.25) is 0 Å². The van der Waals surface area contributed by atoms with Crippen molar-refractivity contribution in [3.63, 3.8) is 0 Å². The number of aromatic nitrogens is 3. The van der Waals surface area contributed by atoms with Crippen molar-refractivity contribution in [1.29, 1.82) is 0 Å². The van der Waals surface area contributed by atoms with E-state index in [2.05, 4.69) is 20.5 Å². The number of anilines is 1. The van der Waals surface area contributed by atoms with Gasteiger partial charge in [-0.25, -0.2) is 4.98 Å². The Morgan fingerprint density at radius 1 is 1.23 bits per heavy atom. The van der Waals surface area contributed by atoms with E-state index in [4.69, 9.17) is 4.42 Å². The summed E-state index contributed by atoms with van der Waals surface area (Å²) in [5.41, 5.74) is 1.74. The monoisotopic (exact) mass is 314 g/mol. The molecule has 0 fully saturated rings. The molecule has 0 aliphatic rings. The third-order valence-corrected chi connectivity index (χ3v) is 3.79. The number of nitrogens with one attached hydrogen (secondary N) is 1. The van der Waals surface area contributed by atoms with Crippen molar-refractivity contribution in [2.75, 3.05) is 5.32 Å². The number of benzene rings is 1. The summed E-state index contributed by atoms with van der Waals surface area (Å²) in [4.78, 5) is 17.1. The van der Waals surface area contributed by atoms with E-state index in [0.717, 1.165) is 16.0 Å². The molecule has 6 nitrogen and oxygen atoms in total. The van der Waals surface area contributed by atoms with Crippen LogP contribution in [0.15, 0.2) is 34.9 Å². The van der Waals surface area contributed by atoms with Crippen molar-refractivity contribution in [3.8, 4) is 11.5 Å². The molecule has 0 saturated carbocycles. The van der Waals surface area contributed by atoms with Gasteiger partial charge in [-0.2, -0.15) is 0 Å². The van der Waals surface area contributed by atoms with Crippen LogP contribution in [-0.2, 0) is 11.2 Å². The average Bonchev–Trinajstić information content (AvgIpc) is 3.08. The molecule has 1 N–H and O–H groups in total. The lowest BCUT2D eigenvalue weighted by atomic mass is 10.1. The van der Waals surface area contributed by atoms with Crippen LogP contribution in [0, 0.1) is 13.8 Å². The molecule has 0 aliphatic heterocycles. The normalized spacial score (nSPS) is 10.6. The first-order chi connectivity index (χ1) is 10.6. The van der Waals surface area contributed by atoms with Crippen molar-refractivity contribution in [2.45, 2.75) is 20.3 Å². The van der Waals surface area contributed by atoms with Crippen LogP contribution >= 0.6 is 11.3 Å². The molecular formula is C15H14N4O2S. The van der Waals surface area contributed by atoms with Crippen LogP contribution in [0.1, 0.15) is 16.3 Å². The Hall–Kier alpha value is -2.54. The van der Waals surface area contributed by atoms with Gasteiger partial charge in [0.25, 0.3) is 0 Å². The minimum absolute atomic E-state index is 0.0873. The lowest BCUT2D eigenvalue weighted by Crippen LogP contribution is -2.14. The number of carbonyl (C=O) groups excluding carboxylic acids is 1. The number of thiazole rings is 1. The zero-order valence-corrected chi connectivity index (χ0v) is 13.0. The number of carbonyl (C=O) groups is 1. The molecule has 1 amide bonds. The third-order valence-electron chi connectivity index (χ3n) is 2.96. The fraction of sp³-hybridized carbons (Fsp3) is 0.200. The molecular weight excluding hydrogens is 300 g/mol. The van der Waals surface area contributed by atoms with E-state index in [1.54, 1.807) is 13.1 Å². The zero-order chi connectivity index (χ0) is 15.5. The molecule has 0 unspecified atom stereocenters. The first kappa shape index (κ1) is 14.4. The molecule has 0 radical (unpaired) electrons. The lowest BCUT2D eigenvalue weighted by Gasteiger charge is -2.02. The summed E-state index contributed by atoms with van der Waals surface area (Å²) >= 11 is 1.46. The summed E-state index contributed by atoms with van der Waals surface area (Å²) < 4.78 is 5.36. The summed E-state index contributed by atoms with van der Waals surface area (Å²) in [5.74, 6) is 0.916. The Morgan fingerprint density at radius 3 is 2.59 bits per heavy atom. The topological polar surface area (TPSA) is 80.9 Å². The smallest absolute Gasteiger partial charge is 0.247 e. The maximum Gasteiger partial charge on any atom is 0.247 e. The summed E-state index contributed by atoms with van der Waals surface area (Å²) in [6.07, 6.45) is 2.03. The Kier molecular flexibility index (Phi) is 3.97. The fourth-order valence-corrected chi connectivity index (χ4v) is 2.62. The Balaban J connectivity index is 1.64. The van der Waals surface area contributed by atoms with E-state index >= 15 is 0 Å². The summed E-state index contributed by atoms with van der Waals surface area (Å²) in [6, 6.07) is 7.48. The molecule has 0 atom stereocenters. The molecule has 0 bridgehead atoms. The molecule has 3 rings (SSSR count). The molecule has 2 aromatic heterocycles. The molecule has 3 aromatic rings. The zero-order valence-electron chi connectivity index (χ0n) is 12.2. The molecule has 7 heteroatoms. The molecule has 0 saturated heterocycles. The molecule has 22 heavy (non-hydrogen) atoms. The number of hydrogen-bond donors (Lipinski definition) is 1. The molecule has 0 spiro atoms. The number of hydrogen-bond acceptors (Lipinski definition) is 6. The van der Waals surface area contributed by atoms with Crippen LogP contribution in [0.5, 0.6) is 0 Å². The van der Waals surface area contributed by atoms with Gasteiger partial charge in [-0.3, -0.25) is 4.79 Å². The van der Waals surface area contributed by atoms with E-state index in [1.165, 1.54) is 11.3 Å². The standard InChI is InChI=1S/C15H14N4O2S/c1-9-8-16-15(22-9)17-13(20)7-11-3-5-12(6-4-11)14-19-18-10(2)21-14/h3-6,8H,7H2,1-2H3,(H,16,17,20). The maximum absolute atomic E-state index is 12.0. The fourth-order valence-electron chi connectivity index (χ4n) is 1.94. The van der Waals surface area contributed by atoms with E-state index in [-0.39, 0.29) is 5.91 Å². The second kappa shape index (κ2) is 6.07. The SMILES string of the molecule is Cc1nnc(-c2ccc(CC(=O)Nc3ncc(C)s3)cc2)o1. The van der Waals surface area contributed by atoms with Gasteiger partial charge in [-0.1, -0.05) is 12.1 Å². The third kappa shape index (κ3) is 3.37. The van der Waals surface area contributed by atoms with Crippen LogP contribution in [-0.4, -0.2) is 21.1 Å². The van der Waals surface area contributed by atoms with E-state index in [1.807, 2.05) is 31.2 Å². The van der Waals surface area contributed by atoms with E-state index in [0.29, 0.717) is 23.3 Å². The van der Waals surface area contributed by atoms with Gasteiger partial charge < -0.3 is 9.73 Å². The van der Waals surface area contributed by atoms with Crippen molar-refractivity contribution >= 4 is 22.4 Å². The second-order valence-electron chi connectivity index (χ2n) is 4.82. The number of amides is 1. The largest absolute Gasteiger partial charge is 0.421 e. The summed E-state index contributed by atoms with van der Waals surface area (Å²) in [6.45, 7) is 3.70. The number of rotatable bonds is 4. The van der Waals surface area contributed by atoms with Gasteiger partial charge in [-0.05, 0) is 24.6 Å². The van der Waals surface area contributed by atoms with Gasteiger partial charge in [0.1, 0.15) is 0 Å². The molecule has 1 aromatic carbocycles. The first-order valence-corrected chi connectivity index (χ1v) is 7.53. The molecule has 2 heterocycles. The van der Waals surface area contributed by atoms with Crippen LogP contribution < -0.4 is 5.32 Å². The molecule has 112 valence electrons. The van der Waals surface area contributed by atoms with Gasteiger partial charge >= 0.3 is 0 Å². The van der Waals surface area contributed by atoms with Gasteiger partial charge in [-0.15, -0.1) is 21.5 Å². The van der Waals surface area contributed by atoms with Crippen molar-refractivity contribution < 1.29 is 9.21 Å². The Morgan fingerprint density at radius 2 is 2.00 bits per heavy atom. The van der Waals surface area contributed by atoms with Gasteiger partial charge in [0.05, 0.1) is 6.42 Å². The minimum Gasteiger partial charge on any atom is -0.421 e. The predicted octanol–water partition coefficient (Wildman–Crippen LogP) is 2.99.